The summed E-state index contributed by atoms with van der Waals surface area (Å²) in [5.74, 6) is 0.865. The summed E-state index contributed by atoms with van der Waals surface area (Å²) in [4.78, 5) is -0.0114. The van der Waals surface area contributed by atoms with Crippen LogP contribution in [0.15, 0.2) is 52.5 Å². The van der Waals surface area contributed by atoms with E-state index in [-0.39, 0.29) is 10.6 Å². The maximum absolute atomic E-state index is 12.6. The van der Waals surface area contributed by atoms with Crippen LogP contribution in [-0.2, 0) is 20.8 Å². The zero-order valence-corrected chi connectivity index (χ0v) is 22.5. The molecular formula is C28H38N2O5S. The second kappa shape index (κ2) is 15.8. The van der Waals surface area contributed by atoms with Gasteiger partial charge in [-0.25, -0.2) is 0 Å². The number of nitriles is 1. The molecule has 0 aromatic heterocycles. The topological polar surface area (TPSA) is 98.0 Å². The molecule has 0 aliphatic rings. The molecule has 2 aromatic rings. The molecule has 196 valence electrons. The molecule has 0 heterocycles. The third-order valence-electron chi connectivity index (χ3n) is 6.02. The molecule has 2 rings (SSSR count). The van der Waals surface area contributed by atoms with Gasteiger partial charge in [0, 0.05) is 5.56 Å². The first-order valence-electron chi connectivity index (χ1n) is 12.7. The molecule has 0 aliphatic heterocycles. The Bertz CT molecular complexity index is 1110. The van der Waals surface area contributed by atoms with Crippen LogP contribution in [0.25, 0.3) is 0 Å². The summed E-state index contributed by atoms with van der Waals surface area (Å²) in [7, 11) is -1.20. The second-order valence-electron chi connectivity index (χ2n) is 8.73. The van der Waals surface area contributed by atoms with E-state index in [1.165, 1.54) is 90.2 Å². The Balaban J connectivity index is 1.85. The predicted octanol–water partition coefficient (Wildman–Crippen LogP) is 6.80. The van der Waals surface area contributed by atoms with E-state index in [1.54, 1.807) is 24.3 Å². The summed E-state index contributed by atoms with van der Waals surface area (Å²) >= 11 is 0. The number of methoxy groups -OCH3 is 2. The molecule has 0 fully saturated rings. The molecular weight excluding hydrogens is 476 g/mol. The van der Waals surface area contributed by atoms with Crippen LogP contribution in [-0.4, -0.2) is 28.3 Å². The molecule has 0 saturated carbocycles. The van der Waals surface area contributed by atoms with Gasteiger partial charge < -0.3 is 9.47 Å². The van der Waals surface area contributed by atoms with Crippen LogP contribution in [0.2, 0.25) is 0 Å². The van der Waals surface area contributed by atoms with Crippen molar-refractivity contribution < 1.29 is 22.2 Å². The van der Waals surface area contributed by atoms with E-state index < -0.39 is 10.1 Å². The Labute approximate surface area is 216 Å². The minimum Gasteiger partial charge on any atom is -0.493 e. The predicted molar refractivity (Wildman–Crippen MR) is 142 cm³/mol. The van der Waals surface area contributed by atoms with Crippen molar-refractivity contribution >= 4 is 15.8 Å². The van der Waals surface area contributed by atoms with Gasteiger partial charge in [-0.1, -0.05) is 82.0 Å². The number of ether oxygens (including phenoxy) is 2. The zero-order chi connectivity index (χ0) is 26.2. The van der Waals surface area contributed by atoms with Gasteiger partial charge in [0.15, 0.2) is 17.2 Å². The lowest BCUT2D eigenvalue weighted by molar-refractivity contribution is 0.339. The van der Waals surface area contributed by atoms with E-state index in [0.29, 0.717) is 17.1 Å². The Kier molecular flexibility index (Phi) is 12.8. The van der Waals surface area contributed by atoms with Crippen molar-refractivity contribution in [1.82, 2.24) is 0 Å². The van der Waals surface area contributed by atoms with E-state index in [4.69, 9.17) is 13.8 Å². The van der Waals surface area contributed by atoms with Crippen molar-refractivity contribution in [3.05, 3.63) is 53.6 Å². The zero-order valence-electron chi connectivity index (χ0n) is 21.7. The number of aryl methyl sites for hydroxylation is 1. The van der Waals surface area contributed by atoms with E-state index in [0.717, 1.165) is 18.4 Å². The molecule has 0 radical (unpaired) electrons. The molecule has 36 heavy (non-hydrogen) atoms. The van der Waals surface area contributed by atoms with Gasteiger partial charge in [0.2, 0.25) is 0 Å². The van der Waals surface area contributed by atoms with E-state index in [2.05, 4.69) is 12.1 Å². The SMILES string of the molecule is CCCCCCCCCCCCc1ccc(S(=O)(=O)ON=C(C#N)c2ccc(OC)c(OC)c2)cc1. The molecule has 0 bridgehead atoms. The summed E-state index contributed by atoms with van der Waals surface area (Å²) in [5.41, 5.74) is 1.23. The van der Waals surface area contributed by atoms with Crippen LogP contribution < -0.4 is 9.47 Å². The summed E-state index contributed by atoms with van der Waals surface area (Å²) in [6.45, 7) is 2.24. The van der Waals surface area contributed by atoms with Crippen molar-refractivity contribution in [1.29, 1.82) is 5.26 Å². The third kappa shape index (κ3) is 9.54. The maximum atomic E-state index is 12.6. The first-order valence-corrected chi connectivity index (χ1v) is 14.1. The van der Waals surface area contributed by atoms with Crippen LogP contribution in [0.5, 0.6) is 11.5 Å². The maximum Gasteiger partial charge on any atom is 0.358 e. The fourth-order valence-electron chi connectivity index (χ4n) is 3.89. The fourth-order valence-corrected chi connectivity index (χ4v) is 4.62. The Morgan fingerprint density at radius 3 is 1.97 bits per heavy atom. The van der Waals surface area contributed by atoms with Gasteiger partial charge in [0.25, 0.3) is 0 Å². The lowest BCUT2D eigenvalue weighted by atomic mass is 10.0. The minimum atomic E-state index is -4.16. The fraction of sp³-hybridized carbons (Fsp3) is 0.500. The average Bonchev–Trinajstić information content (AvgIpc) is 2.90. The number of hydrogen-bond acceptors (Lipinski definition) is 7. The van der Waals surface area contributed by atoms with Crippen molar-refractivity contribution in [3.63, 3.8) is 0 Å². The highest BCUT2D eigenvalue weighted by atomic mass is 32.2. The third-order valence-corrected chi connectivity index (χ3v) is 7.14. The molecule has 7 nitrogen and oxygen atoms in total. The molecule has 0 atom stereocenters. The second-order valence-corrected chi connectivity index (χ2v) is 10.3. The largest absolute Gasteiger partial charge is 0.493 e. The lowest BCUT2D eigenvalue weighted by Gasteiger charge is -2.08. The van der Waals surface area contributed by atoms with Crippen molar-refractivity contribution in [3.8, 4) is 17.6 Å². The molecule has 0 aliphatic carbocycles. The van der Waals surface area contributed by atoms with Gasteiger partial charge in [-0.15, -0.1) is 0 Å². The molecule has 0 unspecified atom stereocenters. The minimum absolute atomic E-state index is 0.0114. The van der Waals surface area contributed by atoms with Gasteiger partial charge in [-0.3, -0.25) is 4.28 Å². The van der Waals surface area contributed by atoms with Gasteiger partial charge in [0.05, 0.1) is 14.2 Å². The molecule has 0 saturated heterocycles. The van der Waals surface area contributed by atoms with Gasteiger partial charge in [-0.2, -0.15) is 13.7 Å². The molecule has 0 spiro atoms. The summed E-state index contributed by atoms with van der Waals surface area (Å²) in [5, 5.41) is 13.0. The van der Waals surface area contributed by atoms with Crippen LogP contribution in [0.4, 0.5) is 0 Å². The van der Waals surface area contributed by atoms with E-state index in [9.17, 15) is 13.7 Å². The number of rotatable bonds is 17. The van der Waals surface area contributed by atoms with Crippen LogP contribution in [0.3, 0.4) is 0 Å². The van der Waals surface area contributed by atoms with Crippen molar-refractivity contribution in [2.75, 3.05) is 14.2 Å². The van der Waals surface area contributed by atoms with Gasteiger partial charge in [0.1, 0.15) is 11.0 Å². The Morgan fingerprint density at radius 1 is 0.833 bits per heavy atom. The Morgan fingerprint density at radius 2 is 1.42 bits per heavy atom. The normalized spacial score (nSPS) is 11.7. The number of benzene rings is 2. The van der Waals surface area contributed by atoms with Crippen LogP contribution >= 0.6 is 0 Å². The number of hydrogen-bond donors (Lipinski definition) is 0. The van der Waals surface area contributed by atoms with E-state index in [1.807, 2.05) is 6.07 Å². The molecule has 2 aromatic carbocycles. The van der Waals surface area contributed by atoms with E-state index >= 15 is 0 Å². The summed E-state index contributed by atoms with van der Waals surface area (Å²) in [6.07, 6.45) is 13.7. The van der Waals surface area contributed by atoms with Crippen molar-refractivity contribution in [2.24, 2.45) is 5.16 Å². The summed E-state index contributed by atoms with van der Waals surface area (Å²) in [6, 6.07) is 13.2. The quantitative estimate of drug-likeness (QED) is 0.131. The van der Waals surface area contributed by atoms with Crippen LogP contribution in [0.1, 0.15) is 82.3 Å². The monoisotopic (exact) mass is 514 g/mol. The standard InChI is InChI=1S/C28H38N2O5S/c1-4-5-6-7-8-9-10-11-12-13-14-23-15-18-25(19-16-23)36(31,32)35-30-26(22-29)24-17-20-27(33-2)28(21-24)34-3/h15-21H,4-14H2,1-3H3. The number of unbranched alkanes of at least 4 members (excludes halogenated alkanes) is 9. The summed E-state index contributed by atoms with van der Waals surface area (Å²) < 4.78 is 40.4. The average molecular weight is 515 g/mol. The molecule has 0 amide bonds. The molecule has 8 heteroatoms. The number of nitrogens with zero attached hydrogens (tertiary/aromatic N) is 2. The lowest BCUT2D eigenvalue weighted by Crippen LogP contribution is -2.06. The van der Waals surface area contributed by atoms with Crippen LogP contribution in [0, 0.1) is 11.3 Å². The Hall–Kier alpha value is -3.05. The van der Waals surface area contributed by atoms with Gasteiger partial charge >= 0.3 is 10.1 Å². The first kappa shape index (κ1) is 29.2. The highest BCUT2D eigenvalue weighted by Gasteiger charge is 2.17. The highest BCUT2D eigenvalue weighted by Crippen LogP contribution is 2.28. The van der Waals surface area contributed by atoms with Gasteiger partial charge in [-0.05, 0) is 48.7 Å². The first-order chi connectivity index (χ1) is 17.4. The van der Waals surface area contributed by atoms with Crippen molar-refractivity contribution in [2.45, 2.75) is 82.4 Å². The smallest absolute Gasteiger partial charge is 0.358 e. The number of oxime groups is 1. The highest BCUT2D eigenvalue weighted by molar-refractivity contribution is 7.86. The molecule has 0 N–H and O–H groups in total.